The maximum atomic E-state index is 13.2. The summed E-state index contributed by atoms with van der Waals surface area (Å²) in [5.74, 6) is 1.10. The molecule has 3 rings (SSSR count). The van der Waals surface area contributed by atoms with Crippen LogP contribution in [-0.2, 0) is 11.3 Å². The third-order valence-electron chi connectivity index (χ3n) is 4.86. The first-order chi connectivity index (χ1) is 13.6. The Balaban J connectivity index is 1.70. The predicted molar refractivity (Wildman–Crippen MR) is 120 cm³/mol. The molecule has 2 aromatic rings. The number of hydrogen-bond acceptors (Lipinski definition) is 3. The molecule has 1 fully saturated rings. The van der Waals surface area contributed by atoms with Gasteiger partial charge in [-0.2, -0.15) is 0 Å². The van der Waals surface area contributed by atoms with Crippen molar-refractivity contribution in [1.82, 2.24) is 9.80 Å². The summed E-state index contributed by atoms with van der Waals surface area (Å²) in [6.07, 6.45) is 2.17. The Hall–Kier alpha value is -1.20. The zero-order chi connectivity index (χ0) is 19.9. The summed E-state index contributed by atoms with van der Waals surface area (Å²) >= 11 is 14.3. The number of nitrogens with zero attached hydrogens (tertiary/aromatic N) is 2. The van der Waals surface area contributed by atoms with Crippen LogP contribution in [0.5, 0.6) is 0 Å². The molecule has 1 unspecified atom stereocenters. The summed E-state index contributed by atoms with van der Waals surface area (Å²) in [7, 11) is 0. The highest BCUT2D eigenvalue weighted by Crippen LogP contribution is 2.40. The second kappa shape index (κ2) is 10.5. The molecular formula is C22H26Cl2N2OS. The van der Waals surface area contributed by atoms with Gasteiger partial charge in [0.2, 0.25) is 5.91 Å². The van der Waals surface area contributed by atoms with Crippen molar-refractivity contribution in [2.24, 2.45) is 0 Å². The molecule has 0 aromatic heterocycles. The van der Waals surface area contributed by atoms with Gasteiger partial charge in [-0.1, -0.05) is 66.9 Å². The van der Waals surface area contributed by atoms with Crippen molar-refractivity contribution in [3.63, 3.8) is 0 Å². The quantitative estimate of drug-likeness (QED) is 0.516. The van der Waals surface area contributed by atoms with E-state index in [9.17, 15) is 4.79 Å². The molecule has 3 nitrogen and oxygen atoms in total. The summed E-state index contributed by atoms with van der Waals surface area (Å²) in [6.45, 7) is 4.96. The van der Waals surface area contributed by atoms with Gasteiger partial charge in [0, 0.05) is 34.5 Å². The lowest BCUT2D eigenvalue weighted by Crippen LogP contribution is -2.40. The van der Waals surface area contributed by atoms with Crippen molar-refractivity contribution in [1.29, 1.82) is 0 Å². The van der Waals surface area contributed by atoms with Crippen LogP contribution in [0, 0.1) is 0 Å². The van der Waals surface area contributed by atoms with Gasteiger partial charge in [-0.3, -0.25) is 9.69 Å². The van der Waals surface area contributed by atoms with Gasteiger partial charge < -0.3 is 4.90 Å². The van der Waals surface area contributed by atoms with Crippen LogP contribution in [0.25, 0.3) is 0 Å². The zero-order valence-corrected chi connectivity index (χ0v) is 18.4. The van der Waals surface area contributed by atoms with Gasteiger partial charge in [0.15, 0.2) is 0 Å². The van der Waals surface area contributed by atoms with E-state index in [1.54, 1.807) is 11.8 Å². The summed E-state index contributed by atoms with van der Waals surface area (Å²) in [6, 6.07) is 15.7. The normalized spacial score (nSPS) is 16.7. The second-order valence-electron chi connectivity index (χ2n) is 7.03. The van der Waals surface area contributed by atoms with E-state index in [0.29, 0.717) is 6.54 Å². The van der Waals surface area contributed by atoms with Crippen molar-refractivity contribution in [3.8, 4) is 0 Å². The summed E-state index contributed by atoms with van der Waals surface area (Å²) in [4.78, 5) is 17.4. The van der Waals surface area contributed by atoms with Gasteiger partial charge >= 0.3 is 0 Å². The molecule has 6 heteroatoms. The fraction of sp³-hybridized carbons (Fsp3) is 0.409. The molecule has 2 aromatic carbocycles. The molecule has 1 aliphatic heterocycles. The average Bonchev–Trinajstić information content (AvgIpc) is 3.16. The molecule has 0 radical (unpaired) electrons. The fourth-order valence-electron chi connectivity index (χ4n) is 3.43. The topological polar surface area (TPSA) is 23.6 Å². The summed E-state index contributed by atoms with van der Waals surface area (Å²) in [5.41, 5.74) is 2.16. The van der Waals surface area contributed by atoms with Gasteiger partial charge in [-0.15, -0.1) is 11.8 Å². The molecule has 1 atom stereocenters. The van der Waals surface area contributed by atoms with E-state index >= 15 is 0 Å². The number of benzene rings is 2. The monoisotopic (exact) mass is 436 g/mol. The van der Waals surface area contributed by atoms with Crippen LogP contribution in [0.15, 0.2) is 48.5 Å². The first kappa shape index (κ1) is 21.5. The number of carbonyl (C=O) groups excluding carboxylic acids is 1. The highest BCUT2D eigenvalue weighted by molar-refractivity contribution is 7.99. The number of amides is 1. The molecular weight excluding hydrogens is 411 g/mol. The molecule has 1 amide bonds. The van der Waals surface area contributed by atoms with Crippen LogP contribution in [-0.4, -0.2) is 41.1 Å². The molecule has 0 aliphatic carbocycles. The van der Waals surface area contributed by atoms with Crippen molar-refractivity contribution in [2.75, 3.05) is 25.4 Å². The van der Waals surface area contributed by atoms with Crippen LogP contribution in [0.2, 0.25) is 10.0 Å². The van der Waals surface area contributed by atoms with Gasteiger partial charge in [-0.05, 0) is 36.7 Å². The number of halogens is 2. The lowest BCUT2D eigenvalue weighted by Gasteiger charge is -2.29. The fourth-order valence-corrected chi connectivity index (χ4v) is 5.26. The maximum Gasteiger partial charge on any atom is 0.237 e. The van der Waals surface area contributed by atoms with Crippen LogP contribution in [0.4, 0.5) is 0 Å². The minimum absolute atomic E-state index is 0.000366. The number of unbranched alkanes of at least 4 members (excludes halogenated alkanes) is 1. The van der Waals surface area contributed by atoms with Gasteiger partial charge in [0.1, 0.15) is 5.37 Å². The number of hydrogen-bond donors (Lipinski definition) is 0. The van der Waals surface area contributed by atoms with Crippen molar-refractivity contribution in [3.05, 3.63) is 69.7 Å². The van der Waals surface area contributed by atoms with E-state index in [0.717, 1.165) is 59.4 Å². The van der Waals surface area contributed by atoms with E-state index in [4.69, 9.17) is 23.2 Å². The van der Waals surface area contributed by atoms with Gasteiger partial charge in [0.05, 0.1) is 6.54 Å². The highest BCUT2D eigenvalue weighted by Gasteiger charge is 2.32. The van der Waals surface area contributed by atoms with Crippen LogP contribution < -0.4 is 0 Å². The summed E-state index contributed by atoms with van der Waals surface area (Å²) < 4.78 is 0. The van der Waals surface area contributed by atoms with Crippen LogP contribution >= 0.6 is 35.0 Å². The predicted octanol–water partition coefficient (Wildman–Crippen LogP) is 5.87. The Morgan fingerprint density at radius 3 is 2.79 bits per heavy atom. The zero-order valence-electron chi connectivity index (χ0n) is 16.1. The Morgan fingerprint density at radius 2 is 2.04 bits per heavy atom. The molecule has 0 spiro atoms. The van der Waals surface area contributed by atoms with Gasteiger partial charge in [-0.25, -0.2) is 0 Å². The summed E-state index contributed by atoms with van der Waals surface area (Å²) in [5, 5.41) is 1.45. The first-order valence-corrected chi connectivity index (χ1v) is 11.5. The van der Waals surface area contributed by atoms with E-state index in [-0.39, 0.29) is 11.3 Å². The molecule has 0 saturated carbocycles. The standard InChI is InChI=1S/C22H26Cl2N2OS/c1-2-3-11-25(15-17-7-6-8-18(23)14-17)16-21(27)26-12-13-28-22(26)19-9-4-5-10-20(19)24/h4-10,14,22H,2-3,11-13,15-16H2,1H3. The first-order valence-electron chi connectivity index (χ1n) is 9.70. The van der Waals surface area contributed by atoms with E-state index in [2.05, 4.69) is 17.9 Å². The number of rotatable bonds is 8. The Labute approximate surface area is 182 Å². The van der Waals surface area contributed by atoms with Crippen molar-refractivity contribution >= 4 is 40.9 Å². The SMILES string of the molecule is CCCCN(CC(=O)N1CCSC1c1ccccc1Cl)Cc1cccc(Cl)c1. The smallest absolute Gasteiger partial charge is 0.237 e. The third kappa shape index (κ3) is 5.66. The Kier molecular flexibility index (Phi) is 8.10. The highest BCUT2D eigenvalue weighted by atomic mass is 35.5. The third-order valence-corrected chi connectivity index (χ3v) is 6.69. The molecule has 1 heterocycles. The maximum absolute atomic E-state index is 13.2. The Morgan fingerprint density at radius 1 is 1.21 bits per heavy atom. The van der Waals surface area contributed by atoms with Crippen LogP contribution in [0.1, 0.15) is 36.3 Å². The molecule has 28 heavy (non-hydrogen) atoms. The molecule has 150 valence electrons. The van der Waals surface area contributed by atoms with E-state index < -0.39 is 0 Å². The minimum Gasteiger partial charge on any atom is -0.325 e. The number of thioether (sulfide) groups is 1. The average molecular weight is 437 g/mol. The molecule has 1 saturated heterocycles. The lowest BCUT2D eigenvalue weighted by molar-refractivity contribution is -0.132. The van der Waals surface area contributed by atoms with Gasteiger partial charge in [0.25, 0.3) is 0 Å². The number of carbonyl (C=O) groups is 1. The largest absolute Gasteiger partial charge is 0.325 e. The molecule has 1 aliphatic rings. The Bertz CT molecular complexity index is 802. The second-order valence-corrected chi connectivity index (χ2v) is 9.06. The van der Waals surface area contributed by atoms with Crippen molar-refractivity contribution in [2.45, 2.75) is 31.7 Å². The van der Waals surface area contributed by atoms with Crippen molar-refractivity contribution < 1.29 is 4.79 Å². The van der Waals surface area contributed by atoms with Crippen LogP contribution in [0.3, 0.4) is 0 Å². The molecule has 0 N–H and O–H groups in total. The minimum atomic E-state index is 0.000366. The molecule has 0 bridgehead atoms. The lowest BCUT2D eigenvalue weighted by atomic mass is 10.2. The van der Waals surface area contributed by atoms with E-state index in [1.165, 1.54) is 0 Å². The van der Waals surface area contributed by atoms with E-state index in [1.807, 2.05) is 47.4 Å².